The fourth-order valence-electron chi connectivity index (χ4n) is 2.38. The van der Waals surface area contributed by atoms with E-state index < -0.39 is 0 Å². The molecule has 1 aliphatic carbocycles. The molecule has 0 radical (unpaired) electrons. The van der Waals surface area contributed by atoms with Gasteiger partial charge in [-0.3, -0.25) is 14.6 Å². The zero-order chi connectivity index (χ0) is 17.5. The highest BCUT2D eigenvalue weighted by atomic mass is 35.5. The van der Waals surface area contributed by atoms with Crippen LogP contribution in [0.2, 0.25) is 0 Å². The van der Waals surface area contributed by atoms with Gasteiger partial charge in [0, 0.05) is 24.6 Å². The summed E-state index contributed by atoms with van der Waals surface area (Å²) in [5.41, 5.74) is 2.20. The number of amides is 2. The van der Waals surface area contributed by atoms with E-state index in [2.05, 4.69) is 20.9 Å². The Morgan fingerprint density at radius 3 is 2.44 bits per heavy atom. The zero-order valence-electron chi connectivity index (χ0n) is 14.8. The maximum atomic E-state index is 12.1. The van der Waals surface area contributed by atoms with E-state index in [0.29, 0.717) is 24.3 Å². The summed E-state index contributed by atoms with van der Waals surface area (Å²) in [4.78, 5) is 27.7. The van der Waals surface area contributed by atoms with Crippen molar-refractivity contribution in [3.63, 3.8) is 0 Å². The lowest BCUT2D eigenvalue weighted by atomic mass is 10.2. The monoisotopic (exact) mass is 410 g/mol. The van der Waals surface area contributed by atoms with Gasteiger partial charge in [-0.2, -0.15) is 0 Å². The topological polar surface area (TPSA) is 83.1 Å². The van der Waals surface area contributed by atoms with Crippen LogP contribution in [0.1, 0.15) is 28.8 Å². The number of hydrogen-bond donors (Lipinski definition) is 3. The van der Waals surface area contributed by atoms with Crippen LogP contribution < -0.4 is 16.0 Å². The lowest BCUT2D eigenvalue weighted by Crippen LogP contribution is -2.34. The van der Waals surface area contributed by atoms with Crippen molar-refractivity contribution < 1.29 is 9.59 Å². The summed E-state index contributed by atoms with van der Waals surface area (Å²) in [5, 5.41) is 8.87. The van der Waals surface area contributed by atoms with E-state index in [-0.39, 0.29) is 36.6 Å². The largest absolute Gasteiger partial charge is 0.351 e. The van der Waals surface area contributed by atoms with Gasteiger partial charge >= 0.3 is 0 Å². The smallest absolute Gasteiger partial charge is 0.257 e. The Bertz CT molecular complexity index is 722. The average Bonchev–Trinajstić information content (AvgIpc) is 3.46. The van der Waals surface area contributed by atoms with Crippen LogP contribution in [-0.2, 0) is 11.3 Å². The van der Waals surface area contributed by atoms with Gasteiger partial charge in [-0.25, -0.2) is 0 Å². The van der Waals surface area contributed by atoms with Crippen LogP contribution in [-0.4, -0.2) is 29.9 Å². The van der Waals surface area contributed by atoms with E-state index in [1.807, 2.05) is 24.3 Å². The molecule has 0 bridgehead atoms. The molecule has 0 aliphatic heterocycles. The fourth-order valence-corrected chi connectivity index (χ4v) is 2.38. The molecule has 0 unspecified atom stereocenters. The highest BCUT2D eigenvalue weighted by molar-refractivity contribution is 6.04. The predicted molar refractivity (Wildman–Crippen MR) is 111 cm³/mol. The van der Waals surface area contributed by atoms with Gasteiger partial charge in [0.1, 0.15) is 0 Å². The van der Waals surface area contributed by atoms with E-state index in [1.165, 1.54) is 19.0 Å². The minimum atomic E-state index is -0.198. The predicted octanol–water partition coefficient (Wildman–Crippen LogP) is 2.79. The number of hydrogen-bond acceptors (Lipinski definition) is 4. The molecule has 2 aromatic rings. The Labute approximate surface area is 171 Å². The fraction of sp³-hybridized carbons (Fsp3) is 0.316. The quantitative estimate of drug-likeness (QED) is 0.624. The molecule has 1 aliphatic rings. The van der Waals surface area contributed by atoms with Crippen LogP contribution in [0.3, 0.4) is 0 Å². The van der Waals surface area contributed by atoms with Crippen LogP contribution in [0.5, 0.6) is 0 Å². The van der Waals surface area contributed by atoms with Gasteiger partial charge in [-0.05, 0) is 55.1 Å². The number of carbonyl (C=O) groups is 2. The van der Waals surface area contributed by atoms with E-state index in [9.17, 15) is 9.59 Å². The first-order chi connectivity index (χ1) is 12.2. The third-order valence-corrected chi connectivity index (χ3v) is 4.04. The Morgan fingerprint density at radius 1 is 1.07 bits per heavy atom. The highest BCUT2D eigenvalue weighted by Gasteiger charge is 2.20. The first-order valence-electron chi connectivity index (χ1n) is 8.48. The summed E-state index contributed by atoms with van der Waals surface area (Å²) in [6.45, 7) is 1.76. The van der Waals surface area contributed by atoms with Gasteiger partial charge in [0.25, 0.3) is 5.91 Å². The third kappa shape index (κ3) is 7.95. The van der Waals surface area contributed by atoms with Crippen molar-refractivity contribution in [3.8, 4) is 0 Å². The molecule has 1 heterocycles. The summed E-state index contributed by atoms with van der Waals surface area (Å²) >= 11 is 0. The summed E-state index contributed by atoms with van der Waals surface area (Å²) in [6.07, 6.45) is 5.70. The molecule has 6 nitrogen and oxygen atoms in total. The van der Waals surface area contributed by atoms with Crippen LogP contribution in [0, 0.1) is 5.92 Å². The molecular formula is C19H24Cl2N4O2. The number of carbonyl (C=O) groups excluding carboxylic acids is 2. The van der Waals surface area contributed by atoms with E-state index in [0.717, 1.165) is 18.0 Å². The molecule has 1 fully saturated rings. The van der Waals surface area contributed by atoms with Crippen molar-refractivity contribution in [1.82, 2.24) is 15.6 Å². The number of pyridine rings is 1. The van der Waals surface area contributed by atoms with Gasteiger partial charge in [0.15, 0.2) is 0 Å². The van der Waals surface area contributed by atoms with Crippen molar-refractivity contribution in [3.05, 3.63) is 59.9 Å². The average molecular weight is 411 g/mol. The van der Waals surface area contributed by atoms with Gasteiger partial charge in [-0.15, -0.1) is 24.8 Å². The van der Waals surface area contributed by atoms with Crippen LogP contribution in [0.25, 0.3) is 0 Å². The highest BCUT2D eigenvalue weighted by Crippen LogP contribution is 2.27. The Morgan fingerprint density at radius 2 is 1.81 bits per heavy atom. The minimum absolute atomic E-state index is 0. The molecule has 1 aromatic carbocycles. The van der Waals surface area contributed by atoms with Gasteiger partial charge in [-0.1, -0.05) is 12.1 Å². The molecule has 0 saturated heterocycles. The molecule has 1 saturated carbocycles. The molecule has 1 aromatic heterocycles. The lowest BCUT2D eigenvalue weighted by Gasteiger charge is -2.08. The maximum absolute atomic E-state index is 12.1. The van der Waals surface area contributed by atoms with E-state index in [4.69, 9.17) is 0 Å². The number of rotatable bonds is 8. The van der Waals surface area contributed by atoms with Crippen LogP contribution >= 0.6 is 24.8 Å². The normalized spacial score (nSPS) is 12.3. The van der Waals surface area contributed by atoms with Crippen molar-refractivity contribution in [1.29, 1.82) is 0 Å². The number of nitrogens with zero attached hydrogens (tertiary/aromatic N) is 1. The zero-order valence-corrected chi connectivity index (χ0v) is 16.4. The number of aromatic nitrogens is 1. The van der Waals surface area contributed by atoms with Gasteiger partial charge < -0.3 is 16.0 Å². The second-order valence-electron chi connectivity index (χ2n) is 6.24. The molecule has 8 heteroatoms. The molecule has 2 amide bonds. The first kappa shape index (κ1) is 22.9. The summed E-state index contributed by atoms with van der Waals surface area (Å²) in [5.74, 6) is 0.563. The Kier molecular flexibility index (Phi) is 9.78. The molecule has 0 spiro atoms. The Balaban J connectivity index is 0.00000182. The van der Waals surface area contributed by atoms with Crippen LogP contribution in [0.4, 0.5) is 5.69 Å². The second kappa shape index (κ2) is 11.5. The summed E-state index contributed by atoms with van der Waals surface area (Å²) in [7, 11) is 0. The number of halogens is 2. The number of nitrogens with one attached hydrogen (secondary N) is 3. The SMILES string of the molecule is Cl.Cl.O=C(CNCC1CC1)NCc1ccc(NC(=O)c2cccnc2)cc1. The van der Waals surface area contributed by atoms with Crippen molar-refractivity contribution in [2.24, 2.45) is 5.92 Å². The van der Waals surface area contributed by atoms with E-state index >= 15 is 0 Å². The minimum Gasteiger partial charge on any atom is -0.351 e. The molecular weight excluding hydrogens is 387 g/mol. The molecule has 0 atom stereocenters. The molecule has 3 N–H and O–H groups in total. The standard InChI is InChI=1S/C19H22N4O2.2ClH/c24-18(13-21-10-14-3-4-14)22-11-15-5-7-17(8-6-15)23-19(25)16-2-1-9-20-12-16;;/h1-2,5-9,12,14,21H,3-4,10-11,13H2,(H,22,24)(H,23,25);2*1H. The molecule has 146 valence electrons. The number of benzene rings is 1. The van der Waals surface area contributed by atoms with Crippen molar-refractivity contribution >= 4 is 42.3 Å². The molecule has 3 rings (SSSR count). The van der Waals surface area contributed by atoms with E-state index in [1.54, 1.807) is 18.3 Å². The van der Waals surface area contributed by atoms with Gasteiger partial charge in [0.2, 0.25) is 5.91 Å². The third-order valence-electron chi connectivity index (χ3n) is 4.04. The maximum Gasteiger partial charge on any atom is 0.257 e. The Hall–Kier alpha value is -2.15. The van der Waals surface area contributed by atoms with Crippen LogP contribution in [0.15, 0.2) is 48.8 Å². The number of anilines is 1. The molecule has 27 heavy (non-hydrogen) atoms. The summed E-state index contributed by atoms with van der Waals surface area (Å²) < 4.78 is 0. The summed E-state index contributed by atoms with van der Waals surface area (Å²) in [6, 6.07) is 10.8. The lowest BCUT2D eigenvalue weighted by molar-refractivity contribution is -0.120. The second-order valence-corrected chi connectivity index (χ2v) is 6.24. The first-order valence-corrected chi connectivity index (χ1v) is 8.48. The van der Waals surface area contributed by atoms with Crippen molar-refractivity contribution in [2.45, 2.75) is 19.4 Å². The van der Waals surface area contributed by atoms with Crippen molar-refractivity contribution in [2.75, 3.05) is 18.4 Å². The van der Waals surface area contributed by atoms with Gasteiger partial charge in [0.05, 0.1) is 12.1 Å².